The third kappa shape index (κ3) is 9.21. The van der Waals surface area contributed by atoms with Gasteiger partial charge in [0.2, 0.25) is 10.0 Å². The first-order valence-corrected chi connectivity index (χ1v) is 11.9. The van der Waals surface area contributed by atoms with E-state index >= 15 is 0 Å². The summed E-state index contributed by atoms with van der Waals surface area (Å²) in [5.74, 6) is 2.15. The average molecular weight is 577 g/mol. The van der Waals surface area contributed by atoms with Crippen LogP contribution in [0.4, 0.5) is 0 Å². The van der Waals surface area contributed by atoms with Crippen molar-refractivity contribution in [3.63, 3.8) is 0 Å². The first kappa shape index (κ1) is 28.0. The number of sulfonamides is 1. The van der Waals surface area contributed by atoms with Crippen molar-refractivity contribution in [2.24, 2.45) is 10.1 Å². The van der Waals surface area contributed by atoms with Crippen molar-refractivity contribution >= 4 is 40.0 Å². The lowest BCUT2D eigenvalue weighted by atomic mass is 10.1. The van der Waals surface area contributed by atoms with Crippen LogP contribution in [-0.2, 0) is 23.0 Å². The van der Waals surface area contributed by atoms with Gasteiger partial charge in [-0.05, 0) is 62.6 Å². The van der Waals surface area contributed by atoms with Gasteiger partial charge in [0.05, 0.1) is 24.7 Å². The molecule has 0 saturated heterocycles. The fourth-order valence-electron chi connectivity index (χ4n) is 2.91. The van der Waals surface area contributed by atoms with Crippen LogP contribution in [0.15, 0.2) is 52.4 Å². The second-order valence-corrected chi connectivity index (χ2v) is 8.27. The highest BCUT2D eigenvalue weighted by Crippen LogP contribution is 2.28. The number of nitrogens with one attached hydrogen (secondary N) is 2. The Kier molecular flexibility index (Phi) is 12.4. The van der Waals surface area contributed by atoms with E-state index in [0.29, 0.717) is 38.8 Å². The molecular weight excluding hydrogens is 543 g/mol. The maximum Gasteiger partial charge on any atom is 0.238 e. The molecule has 0 aliphatic rings. The van der Waals surface area contributed by atoms with Crippen LogP contribution in [0.3, 0.4) is 0 Å². The summed E-state index contributed by atoms with van der Waals surface area (Å²) >= 11 is 0. The van der Waals surface area contributed by atoms with Crippen LogP contribution in [0, 0.1) is 0 Å². The summed E-state index contributed by atoms with van der Waals surface area (Å²) in [6.07, 6.45) is 0.776. The molecule has 4 N–H and O–H groups in total. The molecule has 2 aromatic rings. The van der Waals surface area contributed by atoms with E-state index in [9.17, 15) is 8.42 Å². The Morgan fingerprint density at radius 3 is 2.34 bits per heavy atom. The molecule has 2 rings (SSSR count). The number of guanidine groups is 1. The van der Waals surface area contributed by atoms with E-state index in [4.69, 9.17) is 14.6 Å². The molecular formula is C22H33IN4O4S. The molecule has 0 atom stereocenters. The number of nitrogens with two attached hydrogens (primary N) is 1. The Hall–Kier alpha value is -2.05. The number of aliphatic imine (C=N–C) groups is 1. The van der Waals surface area contributed by atoms with Crippen LogP contribution < -0.4 is 25.2 Å². The maximum absolute atomic E-state index is 11.5. The number of ether oxygens (including phenoxy) is 2. The number of nitrogens with zero attached hydrogens (tertiary/aromatic N) is 1. The van der Waals surface area contributed by atoms with Gasteiger partial charge in [-0.3, -0.25) is 0 Å². The Morgan fingerprint density at radius 1 is 0.969 bits per heavy atom. The molecule has 0 radical (unpaired) electrons. The smallest absolute Gasteiger partial charge is 0.238 e. The van der Waals surface area contributed by atoms with Crippen molar-refractivity contribution in [3.05, 3.63) is 53.6 Å². The minimum absolute atomic E-state index is 0. The van der Waals surface area contributed by atoms with Gasteiger partial charge in [0, 0.05) is 13.1 Å². The molecule has 0 fully saturated rings. The van der Waals surface area contributed by atoms with Gasteiger partial charge in [0.15, 0.2) is 17.5 Å². The highest BCUT2D eigenvalue weighted by atomic mass is 127. The van der Waals surface area contributed by atoms with Crippen molar-refractivity contribution in [2.45, 2.75) is 38.6 Å². The van der Waals surface area contributed by atoms with Gasteiger partial charge < -0.3 is 20.1 Å². The normalized spacial score (nSPS) is 11.4. The minimum Gasteiger partial charge on any atom is -0.490 e. The molecule has 32 heavy (non-hydrogen) atoms. The van der Waals surface area contributed by atoms with Crippen molar-refractivity contribution < 1.29 is 17.9 Å². The second-order valence-electron chi connectivity index (χ2n) is 6.71. The fourth-order valence-corrected chi connectivity index (χ4v) is 3.49. The molecule has 0 aliphatic carbocycles. The van der Waals surface area contributed by atoms with Crippen LogP contribution in [-0.4, -0.2) is 40.7 Å². The van der Waals surface area contributed by atoms with Crippen LogP contribution >= 0.6 is 24.0 Å². The zero-order valence-electron chi connectivity index (χ0n) is 18.8. The van der Waals surface area contributed by atoms with E-state index in [0.717, 1.165) is 29.0 Å². The minimum atomic E-state index is -3.73. The summed E-state index contributed by atoms with van der Waals surface area (Å²) in [5.41, 5.74) is 1.88. The van der Waals surface area contributed by atoms with Crippen molar-refractivity contribution in [2.75, 3.05) is 26.3 Å². The molecule has 0 spiro atoms. The van der Waals surface area contributed by atoms with Crippen molar-refractivity contribution in [3.8, 4) is 11.5 Å². The zero-order valence-corrected chi connectivity index (χ0v) is 21.9. The molecule has 0 unspecified atom stereocenters. The summed E-state index contributed by atoms with van der Waals surface area (Å²) in [6, 6.07) is 12.4. The number of rotatable bonds is 11. The molecule has 178 valence electrons. The monoisotopic (exact) mass is 576 g/mol. The Bertz CT molecular complexity index is 984. The lowest BCUT2D eigenvalue weighted by Gasteiger charge is -2.14. The molecule has 2 aromatic carbocycles. The quantitative estimate of drug-likeness (QED) is 0.215. The van der Waals surface area contributed by atoms with E-state index in [1.807, 2.05) is 45.0 Å². The molecule has 0 amide bonds. The zero-order chi connectivity index (χ0) is 22.7. The van der Waals surface area contributed by atoms with Gasteiger partial charge in [0.25, 0.3) is 0 Å². The topological polar surface area (TPSA) is 115 Å². The Morgan fingerprint density at radius 2 is 1.69 bits per heavy atom. The van der Waals surface area contributed by atoms with Crippen LogP contribution in [0.25, 0.3) is 0 Å². The summed E-state index contributed by atoms with van der Waals surface area (Å²) in [6.45, 7) is 8.75. The predicted molar refractivity (Wildman–Crippen MR) is 139 cm³/mol. The third-order valence-electron chi connectivity index (χ3n) is 4.30. The lowest BCUT2D eigenvalue weighted by molar-refractivity contribution is 0.287. The highest BCUT2D eigenvalue weighted by molar-refractivity contribution is 14.0. The second kappa shape index (κ2) is 14.2. The Balaban J connectivity index is 0.00000512. The average Bonchev–Trinajstić information content (AvgIpc) is 2.74. The Labute approximate surface area is 208 Å². The SMILES string of the molecule is CCNC(=NCc1cccc(S(N)(=O)=O)c1)NCCc1ccc(OCC)c(OCC)c1.I. The fraction of sp³-hybridized carbons (Fsp3) is 0.409. The van der Waals surface area contributed by atoms with Gasteiger partial charge in [-0.1, -0.05) is 18.2 Å². The van der Waals surface area contributed by atoms with E-state index in [1.165, 1.54) is 12.1 Å². The first-order valence-electron chi connectivity index (χ1n) is 10.4. The lowest BCUT2D eigenvalue weighted by Crippen LogP contribution is -2.38. The molecule has 0 saturated carbocycles. The number of primary sulfonamides is 1. The third-order valence-corrected chi connectivity index (χ3v) is 5.22. The predicted octanol–water partition coefficient (Wildman–Crippen LogP) is 3.05. The summed E-state index contributed by atoms with van der Waals surface area (Å²) in [7, 11) is -3.73. The van der Waals surface area contributed by atoms with Crippen LogP contribution in [0.1, 0.15) is 31.9 Å². The van der Waals surface area contributed by atoms with E-state index in [1.54, 1.807) is 6.07 Å². The molecule has 0 aromatic heterocycles. The molecule has 8 nitrogen and oxygen atoms in total. The summed E-state index contributed by atoms with van der Waals surface area (Å²) in [5, 5.41) is 11.7. The summed E-state index contributed by atoms with van der Waals surface area (Å²) in [4.78, 5) is 4.62. The number of hydrogen-bond acceptors (Lipinski definition) is 5. The summed E-state index contributed by atoms with van der Waals surface area (Å²) < 4.78 is 34.3. The van der Waals surface area contributed by atoms with Crippen LogP contribution in [0.5, 0.6) is 11.5 Å². The first-order chi connectivity index (χ1) is 14.9. The number of hydrogen-bond donors (Lipinski definition) is 3. The number of benzene rings is 2. The molecule has 0 aliphatic heterocycles. The van der Waals surface area contributed by atoms with Crippen molar-refractivity contribution in [1.29, 1.82) is 0 Å². The van der Waals surface area contributed by atoms with Crippen LogP contribution in [0.2, 0.25) is 0 Å². The maximum atomic E-state index is 11.5. The standard InChI is InChI=1S/C22H32N4O4S.HI/c1-4-24-22(26-16-18-8-7-9-19(14-18)31(23,27)28)25-13-12-17-10-11-20(29-5-2)21(15-17)30-6-3;/h7-11,14-15H,4-6,12-13,16H2,1-3H3,(H2,23,27,28)(H2,24,25,26);1H. The van der Waals surface area contributed by atoms with Crippen molar-refractivity contribution in [1.82, 2.24) is 10.6 Å². The largest absolute Gasteiger partial charge is 0.490 e. The van der Waals surface area contributed by atoms with Gasteiger partial charge in [-0.15, -0.1) is 24.0 Å². The molecule has 10 heteroatoms. The van der Waals surface area contributed by atoms with E-state index in [2.05, 4.69) is 15.6 Å². The number of halogens is 1. The van der Waals surface area contributed by atoms with Gasteiger partial charge >= 0.3 is 0 Å². The molecule has 0 heterocycles. The van der Waals surface area contributed by atoms with E-state index in [-0.39, 0.29) is 28.9 Å². The van der Waals surface area contributed by atoms with Gasteiger partial charge in [-0.2, -0.15) is 0 Å². The highest BCUT2D eigenvalue weighted by Gasteiger charge is 2.08. The molecule has 0 bridgehead atoms. The van der Waals surface area contributed by atoms with E-state index < -0.39 is 10.0 Å². The van der Waals surface area contributed by atoms with Gasteiger partial charge in [-0.25, -0.2) is 18.5 Å². The van der Waals surface area contributed by atoms with Gasteiger partial charge in [0.1, 0.15) is 0 Å².